The van der Waals surface area contributed by atoms with Crippen molar-refractivity contribution in [2.45, 2.75) is 24.1 Å². The van der Waals surface area contributed by atoms with Gasteiger partial charge in [0.25, 0.3) is 5.76 Å². The van der Waals surface area contributed by atoms with E-state index in [1.165, 1.54) is 11.1 Å². The van der Waals surface area contributed by atoms with Crippen LogP contribution in [0.3, 0.4) is 0 Å². The predicted molar refractivity (Wildman–Crippen MR) is 84.5 cm³/mol. The normalized spacial score (nSPS) is 10.8. The summed E-state index contributed by atoms with van der Waals surface area (Å²) in [5.41, 5.74) is 3.29. The van der Waals surface area contributed by atoms with Gasteiger partial charge in [-0.05, 0) is 48.4 Å². The average Bonchev–Trinajstić information content (AvgIpc) is 2.41. The van der Waals surface area contributed by atoms with Crippen LogP contribution in [0.25, 0.3) is 0 Å². The first-order chi connectivity index (χ1) is 9.54. The highest BCUT2D eigenvalue weighted by Crippen LogP contribution is 2.26. The number of alkyl halides is 2. The molecule has 0 aliphatic heterocycles. The molecule has 2 rings (SSSR count). The third-order valence-corrected chi connectivity index (χ3v) is 4.41. The molecule has 0 saturated heterocycles. The molecule has 0 bridgehead atoms. The second-order valence-corrected chi connectivity index (χ2v) is 6.26. The summed E-state index contributed by atoms with van der Waals surface area (Å²) < 4.78 is 25.5. The van der Waals surface area contributed by atoms with Gasteiger partial charge in [0.1, 0.15) is 0 Å². The van der Waals surface area contributed by atoms with Crippen molar-refractivity contribution in [2.24, 2.45) is 0 Å². The summed E-state index contributed by atoms with van der Waals surface area (Å²) in [6.45, 7) is 2.75. The topological polar surface area (TPSA) is 12.0 Å². The minimum absolute atomic E-state index is 0.559. The van der Waals surface area contributed by atoms with E-state index in [1.807, 2.05) is 31.2 Å². The Morgan fingerprint density at radius 1 is 1.15 bits per heavy atom. The van der Waals surface area contributed by atoms with E-state index in [2.05, 4.69) is 27.3 Å². The van der Waals surface area contributed by atoms with Gasteiger partial charge >= 0.3 is 0 Å². The third-order valence-electron chi connectivity index (χ3n) is 2.80. The molecular weight excluding hydrogens is 344 g/mol. The fourth-order valence-corrected chi connectivity index (χ4v) is 2.52. The van der Waals surface area contributed by atoms with Crippen LogP contribution in [0.2, 0.25) is 0 Å². The van der Waals surface area contributed by atoms with E-state index in [9.17, 15) is 8.78 Å². The zero-order valence-electron chi connectivity index (χ0n) is 10.9. The summed E-state index contributed by atoms with van der Waals surface area (Å²) in [6.07, 6.45) is 0. The van der Waals surface area contributed by atoms with Crippen molar-refractivity contribution >= 4 is 33.4 Å². The highest BCUT2D eigenvalue weighted by Gasteiger charge is 2.04. The Labute approximate surface area is 129 Å². The van der Waals surface area contributed by atoms with E-state index in [4.69, 9.17) is 0 Å². The molecule has 1 N–H and O–H groups in total. The SMILES string of the molecule is Cc1cc(CNc2ccc(SC(F)F)cc2)ccc1Br. The van der Waals surface area contributed by atoms with E-state index >= 15 is 0 Å². The molecule has 2 aromatic carbocycles. The summed E-state index contributed by atoms with van der Waals surface area (Å²) in [7, 11) is 0. The maximum atomic E-state index is 12.2. The van der Waals surface area contributed by atoms with Gasteiger partial charge in [0, 0.05) is 21.6 Å². The molecule has 2 aromatic rings. The number of aryl methyl sites for hydroxylation is 1. The summed E-state index contributed by atoms with van der Waals surface area (Å²) in [6, 6.07) is 13.2. The monoisotopic (exact) mass is 357 g/mol. The zero-order chi connectivity index (χ0) is 14.5. The molecule has 0 spiro atoms. The molecular formula is C15H14BrF2NS. The second-order valence-electron chi connectivity index (χ2n) is 4.34. The number of halogens is 3. The van der Waals surface area contributed by atoms with Crippen LogP contribution < -0.4 is 5.32 Å². The molecule has 5 heteroatoms. The Morgan fingerprint density at radius 2 is 1.85 bits per heavy atom. The highest BCUT2D eigenvalue weighted by molar-refractivity contribution is 9.10. The number of nitrogens with one attached hydrogen (secondary N) is 1. The van der Waals surface area contributed by atoms with E-state index in [-0.39, 0.29) is 0 Å². The standard InChI is InChI=1S/C15H14BrF2NS/c1-10-8-11(2-7-14(10)16)9-19-12-3-5-13(6-4-12)20-15(17)18/h2-8,15,19H,9H2,1H3. The van der Waals surface area contributed by atoms with Crippen LogP contribution in [0.5, 0.6) is 0 Å². The van der Waals surface area contributed by atoms with Gasteiger partial charge in [-0.2, -0.15) is 8.78 Å². The first kappa shape index (κ1) is 15.3. The Hall–Kier alpha value is -1.07. The molecule has 0 radical (unpaired) electrons. The predicted octanol–water partition coefficient (Wildman–Crippen LogP) is 5.68. The van der Waals surface area contributed by atoms with Gasteiger partial charge in [-0.1, -0.05) is 39.8 Å². The lowest BCUT2D eigenvalue weighted by molar-refractivity contribution is 0.252. The van der Waals surface area contributed by atoms with Gasteiger partial charge < -0.3 is 5.32 Å². The van der Waals surface area contributed by atoms with E-state index in [1.54, 1.807) is 12.1 Å². The van der Waals surface area contributed by atoms with Crippen molar-refractivity contribution in [1.82, 2.24) is 0 Å². The Kier molecular flexibility index (Phi) is 5.43. The fraction of sp³-hybridized carbons (Fsp3) is 0.200. The minimum Gasteiger partial charge on any atom is -0.381 e. The fourth-order valence-electron chi connectivity index (χ4n) is 1.78. The summed E-state index contributed by atoms with van der Waals surface area (Å²) in [4.78, 5) is 0.574. The molecule has 0 fully saturated rings. The maximum absolute atomic E-state index is 12.2. The molecule has 0 unspecified atom stereocenters. The number of thioether (sulfide) groups is 1. The number of anilines is 1. The molecule has 20 heavy (non-hydrogen) atoms. The molecule has 1 nitrogen and oxygen atoms in total. The first-order valence-electron chi connectivity index (χ1n) is 6.08. The Bertz CT molecular complexity index is 573. The lowest BCUT2D eigenvalue weighted by atomic mass is 10.1. The molecule has 0 saturated carbocycles. The number of hydrogen-bond donors (Lipinski definition) is 1. The Balaban J connectivity index is 1.95. The van der Waals surface area contributed by atoms with Gasteiger partial charge in [0.2, 0.25) is 0 Å². The summed E-state index contributed by atoms with van der Waals surface area (Å²) in [5.74, 6) is -2.38. The van der Waals surface area contributed by atoms with Gasteiger partial charge in [-0.25, -0.2) is 0 Å². The zero-order valence-corrected chi connectivity index (χ0v) is 13.3. The maximum Gasteiger partial charge on any atom is 0.288 e. The smallest absolute Gasteiger partial charge is 0.288 e. The number of hydrogen-bond acceptors (Lipinski definition) is 2. The average molecular weight is 358 g/mol. The number of rotatable bonds is 5. The summed E-state index contributed by atoms with van der Waals surface area (Å²) >= 11 is 4.03. The lowest BCUT2D eigenvalue weighted by Crippen LogP contribution is -1.99. The van der Waals surface area contributed by atoms with E-state index in [0.717, 1.165) is 10.2 Å². The van der Waals surface area contributed by atoms with E-state index in [0.29, 0.717) is 23.2 Å². The second kappa shape index (κ2) is 7.09. The van der Waals surface area contributed by atoms with Crippen molar-refractivity contribution in [3.05, 3.63) is 58.1 Å². The van der Waals surface area contributed by atoms with Crippen molar-refractivity contribution in [3.8, 4) is 0 Å². The van der Waals surface area contributed by atoms with Gasteiger partial charge in [0.05, 0.1) is 0 Å². The molecule has 0 amide bonds. The largest absolute Gasteiger partial charge is 0.381 e. The van der Waals surface area contributed by atoms with Crippen molar-refractivity contribution in [2.75, 3.05) is 5.32 Å². The van der Waals surface area contributed by atoms with Crippen LogP contribution >= 0.6 is 27.7 Å². The van der Waals surface area contributed by atoms with Crippen molar-refractivity contribution in [1.29, 1.82) is 0 Å². The lowest BCUT2D eigenvalue weighted by Gasteiger charge is -2.09. The molecule has 0 aliphatic rings. The molecule has 0 atom stereocenters. The van der Waals surface area contributed by atoms with Gasteiger partial charge in [0.15, 0.2) is 0 Å². The quantitative estimate of drug-likeness (QED) is 0.690. The van der Waals surface area contributed by atoms with Crippen LogP contribution in [0.15, 0.2) is 51.8 Å². The van der Waals surface area contributed by atoms with Gasteiger partial charge in [-0.3, -0.25) is 0 Å². The van der Waals surface area contributed by atoms with Crippen LogP contribution in [0, 0.1) is 6.92 Å². The van der Waals surface area contributed by atoms with Crippen LogP contribution in [0.4, 0.5) is 14.5 Å². The molecule has 0 heterocycles. The Morgan fingerprint density at radius 3 is 2.45 bits per heavy atom. The van der Waals surface area contributed by atoms with E-state index < -0.39 is 5.76 Å². The minimum atomic E-state index is -2.38. The first-order valence-corrected chi connectivity index (χ1v) is 7.75. The van der Waals surface area contributed by atoms with Crippen LogP contribution in [-0.2, 0) is 6.54 Å². The third kappa shape index (κ3) is 4.49. The van der Waals surface area contributed by atoms with Crippen molar-refractivity contribution < 1.29 is 8.78 Å². The van der Waals surface area contributed by atoms with Gasteiger partial charge in [-0.15, -0.1) is 0 Å². The molecule has 0 aromatic heterocycles. The molecule has 0 aliphatic carbocycles. The number of benzene rings is 2. The highest BCUT2D eigenvalue weighted by atomic mass is 79.9. The summed E-state index contributed by atoms with van der Waals surface area (Å²) in [5, 5.41) is 3.28. The van der Waals surface area contributed by atoms with Crippen LogP contribution in [0.1, 0.15) is 11.1 Å². The van der Waals surface area contributed by atoms with Crippen LogP contribution in [-0.4, -0.2) is 5.76 Å². The molecule has 106 valence electrons. The van der Waals surface area contributed by atoms with Crippen molar-refractivity contribution in [3.63, 3.8) is 0 Å².